The summed E-state index contributed by atoms with van der Waals surface area (Å²) in [5.74, 6) is 0.508. The molecule has 2 aliphatic heterocycles. The summed E-state index contributed by atoms with van der Waals surface area (Å²) < 4.78 is 11.2. The van der Waals surface area contributed by atoms with Gasteiger partial charge in [0.1, 0.15) is 0 Å². The highest BCUT2D eigenvalue weighted by atomic mass is 16.5. The number of nitrogens with zero attached hydrogens (tertiary/aromatic N) is 1. The largest absolute Gasteiger partial charge is 0.381 e. The van der Waals surface area contributed by atoms with Gasteiger partial charge in [-0.15, -0.1) is 0 Å². The van der Waals surface area contributed by atoms with E-state index in [-0.39, 0.29) is 5.54 Å². The number of morpholine rings is 1. The van der Waals surface area contributed by atoms with Crippen molar-refractivity contribution in [3.8, 4) is 0 Å². The van der Waals surface area contributed by atoms with Crippen LogP contribution in [-0.4, -0.2) is 56.0 Å². The summed E-state index contributed by atoms with van der Waals surface area (Å²) in [5, 5.41) is 0. The second-order valence-electron chi connectivity index (χ2n) is 5.36. The molecule has 0 amide bonds. The van der Waals surface area contributed by atoms with Crippen LogP contribution in [0.4, 0.5) is 0 Å². The van der Waals surface area contributed by atoms with Crippen LogP contribution in [-0.2, 0) is 9.47 Å². The summed E-state index contributed by atoms with van der Waals surface area (Å²) >= 11 is 0. The molecule has 0 aliphatic carbocycles. The summed E-state index contributed by atoms with van der Waals surface area (Å²) in [6.45, 7) is 9.63. The monoisotopic (exact) mass is 242 g/mol. The van der Waals surface area contributed by atoms with Crippen LogP contribution in [0.2, 0.25) is 0 Å². The summed E-state index contributed by atoms with van der Waals surface area (Å²) in [5.41, 5.74) is 6.27. The number of rotatable bonds is 3. The molecule has 17 heavy (non-hydrogen) atoms. The van der Waals surface area contributed by atoms with Gasteiger partial charge >= 0.3 is 0 Å². The quantitative estimate of drug-likeness (QED) is 0.797. The molecule has 0 aromatic carbocycles. The smallest absolute Gasteiger partial charge is 0.0622 e. The molecule has 4 nitrogen and oxygen atoms in total. The van der Waals surface area contributed by atoms with Gasteiger partial charge in [-0.05, 0) is 18.8 Å². The third kappa shape index (κ3) is 2.36. The molecular weight excluding hydrogens is 216 g/mol. The molecular formula is C13H26N2O2. The summed E-state index contributed by atoms with van der Waals surface area (Å²) in [6.07, 6.45) is 2.19. The minimum absolute atomic E-state index is 0.128. The van der Waals surface area contributed by atoms with Crippen LogP contribution in [0.3, 0.4) is 0 Å². The maximum absolute atomic E-state index is 6.14. The van der Waals surface area contributed by atoms with E-state index in [1.54, 1.807) is 0 Å². The molecule has 0 saturated carbocycles. The predicted molar refractivity (Wildman–Crippen MR) is 68.0 cm³/mol. The highest BCUT2D eigenvalue weighted by molar-refractivity contribution is 5.00. The molecule has 0 aromatic heterocycles. The van der Waals surface area contributed by atoms with E-state index < -0.39 is 0 Å². The van der Waals surface area contributed by atoms with Gasteiger partial charge in [-0.1, -0.05) is 13.8 Å². The SMILES string of the molecule is CCC1COCCN1C1(CN)CCOCC1C. The molecule has 0 spiro atoms. The highest BCUT2D eigenvalue weighted by Gasteiger charge is 2.45. The molecule has 2 N–H and O–H groups in total. The molecule has 4 heteroatoms. The normalized spacial score (nSPS) is 40.4. The summed E-state index contributed by atoms with van der Waals surface area (Å²) in [4.78, 5) is 2.61. The van der Waals surface area contributed by atoms with Gasteiger partial charge in [0, 0.05) is 31.3 Å². The lowest BCUT2D eigenvalue weighted by Gasteiger charge is -2.54. The molecule has 0 radical (unpaired) electrons. The lowest BCUT2D eigenvalue weighted by molar-refractivity contribution is -0.124. The molecule has 0 aromatic rings. The van der Waals surface area contributed by atoms with E-state index in [0.717, 1.165) is 52.4 Å². The molecule has 100 valence electrons. The first-order valence-electron chi connectivity index (χ1n) is 6.87. The first-order valence-corrected chi connectivity index (χ1v) is 6.87. The maximum Gasteiger partial charge on any atom is 0.0622 e. The third-order valence-electron chi connectivity index (χ3n) is 4.59. The zero-order valence-electron chi connectivity index (χ0n) is 11.2. The predicted octanol–water partition coefficient (Wildman–Crippen LogP) is 0.851. The third-order valence-corrected chi connectivity index (χ3v) is 4.59. The Morgan fingerprint density at radius 2 is 2.06 bits per heavy atom. The van der Waals surface area contributed by atoms with Gasteiger partial charge in [0.15, 0.2) is 0 Å². The van der Waals surface area contributed by atoms with E-state index in [2.05, 4.69) is 18.7 Å². The van der Waals surface area contributed by atoms with E-state index in [4.69, 9.17) is 15.2 Å². The van der Waals surface area contributed by atoms with Crippen molar-refractivity contribution in [3.63, 3.8) is 0 Å². The van der Waals surface area contributed by atoms with Crippen LogP contribution in [0.25, 0.3) is 0 Å². The standard InChI is InChI=1S/C13H26N2O2/c1-3-12-9-17-7-5-15(12)13(10-14)4-6-16-8-11(13)2/h11-12H,3-10,14H2,1-2H3. The first-order chi connectivity index (χ1) is 8.24. The van der Waals surface area contributed by atoms with Crippen molar-refractivity contribution in [1.82, 2.24) is 4.90 Å². The van der Waals surface area contributed by atoms with E-state index >= 15 is 0 Å². The van der Waals surface area contributed by atoms with Gasteiger partial charge in [-0.25, -0.2) is 0 Å². The van der Waals surface area contributed by atoms with Crippen molar-refractivity contribution in [2.75, 3.05) is 39.5 Å². The highest BCUT2D eigenvalue weighted by Crippen LogP contribution is 2.35. The van der Waals surface area contributed by atoms with Crippen LogP contribution < -0.4 is 5.73 Å². The second-order valence-corrected chi connectivity index (χ2v) is 5.36. The number of nitrogens with two attached hydrogens (primary N) is 1. The second kappa shape index (κ2) is 5.65. The Labute approximate surface area is 104 Å². The summed E-state index contributed by atoms with van der Waals surface area (Å²) in [7, 11) is 0. The molecule has 2 fully saturated rings. The van der Waals surface area contributed by atoms with Crippen molar-refractivity contribution in [3.05, 3.63) is 0 Å². The molecule has 3 unspecified atom stereocenters. The van der Waals surface area contributed by atoms with E-state index in [0.29, 0.717) is 12.0 Å². The first kappa shape index (κ1) is 13.3. The minimum Gasteiger partial charge on any atom is -0.381 e. The minimum atomic E-state index is 0.128. The van der Waals surface area contributed by atoms with E-state index in [1.165, 1.54) is 0 Å². The maximum atomic E-state index is 6.14. The van der Waals surface area contributed by atoms with Gasteiger partial charge in [-0.2, -0.15) is 0 Å². The average Bonchev–Trinajstić information content (AvgIpc) is 2.40. The Balaban J connectivity index is 2.19. The Morgan fingerprint density at radius 1 is 1.29 bits per heavy atom. The topological polar surface area (TPSA) is 47.7 Å². The number of ether oxygens (including phenoxy) is 2. The fourth-order valence-corrected chi connectivity index (χ4v) is 3.34. The van der Waals surface area contributed by atoms with Crippen LogP contribution >= 0.6 is 0 Å². The van der Waals surface area contributed by atoms with E-state index in [1.807, 2.05) is 0 Å². The molecule has 2 aliphatic rings. The molecule has 3 atom stereocenters. The fourth-order valence-electron chi connectivity index (χ4n) is 3.34. The Hall–Kier alpha value is -0.160. The van der Waals surface area contributed by atoms with Gasteiger partial charge in [0.25, 0.3) is 0 Å². The van der Waals surface area contributed by atoms with Crippen molar-refractivity contribution in [2.24, 2.45) is 11.7 Å². The Kier molecular flexibility index (Phi) is 4.42. The average molecular weight is 242 g/mol. The van der Waals surface area contributed by atoms with E-state index in [9.17, 15) is 0 Å². The molecule has 0 bridgehead atoms. The van der Waals surface area contributed by atoms with Crippen LogP contribution in [0.1, 0.15) is 26.7 Å². The molecule has 2 rings (SSSR count). The van der Waals surface area contributed by atoms with Crippen molar-refractivity contribution in [1.29, 1.82) is 0 Å². The van der Waals surface area contributed by atoms with Crippen molar-refractivity contribution >= 4 is 0 Å². The zero-order valence-corrected chi connectivity index (χ0v) is 11.2. The van der Waals surface area contributed by atoms with Crippen LogP contribution in [0.5, 0.6) is 0 Å². The van der Waals surface area contributed by atoms with Crippen LogP contribution in [0, 0.1) is 5.92 Å². The summed E-state index contributed by atoms with van der Waals surface area (Å²) in [6, 6.07) is 0.521. The number of hydrogen-bond donors (Lipinski definition) is 1. The Morgan fingerprint density at radius 3 is 2.71 bits per heavy atom. The Bertz CT molecular complexity index is 250. The van der Waals surface area contributed by atoms with Gasteiger partial charge in [-0.3, -0.25) is 4.90 Å². The molecule has 2 saturated heterocycles. The zero-order chi connectivity index (χ0) is 12.3. The lowest BCUT2D eigenvalue weighted by atomic mass is 9.78. The van der Waals surface area contributed by atoms with Crippen LogP contribution in [0.15, 0.2) is 0 Å². The number of hydrogen-bond acceptors (Lipinski definition) is 4. The van der Waals surface area contributed by atoms with Crippen molar-refractivity contribution in [2.45, 2.75) is 38.3 Å². The molecule has 2 heterocycles. The fraction of sp³-hybridized carbons (Fsp3) is 1.00. The van der Waals surface area contributed by atoms with Gasteiger partial charge in [0.2, 0.25) is 0 Å². The van der Waals surface area contributed by atoms with Gasteiger partial charge in [0.05, 0.1) is 19.8 Å². The van der Waals surface area contributed by atoms with Gasteiger partial charge < -0.3 is 15.2 Å². The lowest BCUT2D eigenvalue weighted by Crippen LogP contribution is -2.66. The van der Waals surface area contributed by atoms with Crippen molar-refractivity contribution < 1.29 is 9.47 Å².